The van der Waals surface area contributed by atoms with E-state index in [9.17, 15) is 4.79 Å². The maximum absolute atomic E-state index is 11.2. The van der Waals surface area contributed by atoms with E-state index in [1.54, 1.807) is 19.1 Å². The van der Waals surface area contributed by atoms with Crippen molar-refractivity contribution in [3.63, 3.8) is 0 Å². The quantitative estimate of drug-likeness (QED) is 0.743. The van der Waals surface area contributed by atoms with E-state index < -0.39 is 5.97 Å². The van der Waals surface area contributed by atoms with Crippen LogP contribution in [0.25, 0.3) is 17.2 Å². The highest BCUT2D eigenvalue weighted by molar-refractivity contribution is 9.10. The zero-order valence-electron chi connectivity index (χ0n) is 10.3. The molecule has 0 saturated heterocycles. The number of carboxylic acids is 1. The van der Waals surface area contributed by atoms with Crippen LogP contribution in [-0.2, 0) is 0 Å². The number of pyridine rings is 1. The number of nitrogens with zero attached hydrogens (tertiary/aromatic N) is 3. The molecule has 3 aromatic rings. The molecule has 0 bridgehead atoms. The Labute approximate surface area is 121 Å². The number of aromatic carboxylic acids is 1. The van der Waals surface area contributed by atoms with Crippen molar-refractivity contribution in [1.29, 1.82) is 0 Å². The van der Waals surface area contributed by atoms with Gasteiger partial charge in [-0.2, -0.15) is 4.52 Å². The number of hydrogen-bond donors (Lipinski definition) is 2. The first-order chi connectivity index (χ1) is 9.47. The van der Waals surface area contributed by atoms with Crippen LogP contribution in [0, 0.1) is 6.92 Å². The highest BCUT2D eigenvalue weighted by atomic mass is 79.9. The van der Waals surface area contributed by atoms with Gasteiger partial charge in [-0.05, 0) is 41.1 Å². The molecule has 3 heterocycles. The molecule has 0 atom stereocenters. The second kappa shape index (κ2) is 4.34. The van der Waals surface area contributed by atoms with E-state index in [1.165, 1.54) is 10.6 Å². The fourth-order valence-electron chi connectivity index (χ4n) is 1.93. The predicted molar refractivity (Wildman–Crippen MR) is 74.5 cm³/mol. The standard InChI is InChI=1S/C12H9BrN4O3/c1-5-6(12(18)19)4-9(14)17-11(5)15-10(16-17)7-2-3-8(13)20-7/h2-4H,14H2,1H3,(H,18,19). The van der Waals surface area contributed by atoms with Crippen LogP contribution < -0.4 is 5.73 Å². The van der Waals surface area contributed by atoms with Crippen molar-refractivity contribution in [3.05, 3.63) is 34.0 Å². The summed E-state index contributed by atoms with van der Waals surface area (Å²) in [5.74, 6) is -0.0429. The number of anilines is 1. The highest BCUT2D eigenvalue weighted by Gasteiger charge is 2.18. The third-order valence-electron chi connectivity index (χ3n) is 2.91. The van der Waals surface area contributed by atoms with Gasteiger partial charge in [-0.15, -0.1) is 5.10 Å². The SMILES string of the molecule is Cc1c(C(=O)O)cc(N)n2nc(-c3ccc(Br)o3)nc12. The number of nitrogens with two attached hydrogens (primary N) is 1. The predicted octanol–water partition coefficient (Wildman–Crippen LogP) is 2.34. The molecule has 0 unspecified atom stereocenters. The molecular weight excluding hydrogens is 328 g/mol. The fraction of sp³-hybridized carbons (Fsp3) is 0.0833. The summed E-state index contributed by atoms with van der Waals surface area (Å²) in [4.78, 5) is 15.5. The van der Waals surface area contributed by atoms with Gasteiger partial charge in [0.15, 0.2) is 16.1 Å². The molecule has 0 aromatic carbocycles. The van der Waals surface area contributed by atoms with Crippen molar-refractivity contribution in [3.8, 4) is 11.6 Å². The Balaban J connectivity index is 2.28. The lowest BCUT2D eigenvalue weighted by Crippen LogP contribution is -2.07. The summed E-state index contributed by atoms with van der Waals surface area (Å²) >= 11 is 3.20. The van der Waals surface area contributed by atoms with Crippen LogP contribution in [0.5, 0.6) is 0 Å². The van der Waals surface area contributed by atoms with Crippen LogP contribution in [0.1, 0.15) is 15.9 Å². The Morgan fingerprint density at radius 3 is 2.85 bits per heavy atom. The second-order valence-corrected chi connectivity index (χ2v) is 4.97. The fourth-order valence-corrected chi connectivity index (χ4v) is 2.24. The van der Waals surface area contributed by atoms with E-state index in [1.807, 2.05) is 0 Å². The van der Waals surface area contributed by atoms with Crippen molar-refractivity contribution in [2.45, 2.75) is 6.92 Å². The molecule has 0 aliphatic rings. The minimum Gasteiger partial charge on any atom is -0.478 e. The van der Waals surface area contributed by atoms with Gasteiger partial charge in [0.1, 0.15) is 5.82 Å². The number of furan rings is 1. The lowest BCUT2D eigenvalue weighted by Gasteiger charge is -2.04. The minimum absolute atomic E-state index is 0.106. The zero-order valence-corrected chi connectivity index (χ0v) is 11.9. The molecular formula is C12H9BrN4O3. The Morgan fingerprint density at radius 1 is 1.50 bits per heavy atom. The van der Waals surface area contributed by atoms with Crippen LogP contribution in [0.3, 0.4) is 0 Å². The number of halogens is 1. The number of rotatable bonds is 2. The third kappa shape index (κ3) is 1.85. The van der Waals surface area contributed by atoms with Gasteiger partial charge in [-0.3, -0.25) is 0 Å². The molecule has 3 rings (SSSR count). The van der Waals surface area contributed by atoms with E-state index in [0.717, 1.165) is 0 Å². The van der Waals surface area contributed by atoms with E-state index in [0.29, 0.717) is 27.5 Å². The first kappa shape index (κ1) is 12.7. The molecule has 7 nitrogen and oxygen atoms in total. The summed E-state index contributed by atoms with van der Waals surface area (Å²) in [6, 6.07) is 4.80. The van der Waals surface area contributed by atoms with Gasteiger partial charge in [-0.25, -0.2) is 9.78 Å². The average molecular weight is 337 g/mol. The number of carboxylic acid groups (broad SMARTS) is 1. The summed E-state index contributed by atoms with van der Waals surface area (Å²) in [7, 11) is 0. The average Bonchev–Trinajstić information content (AvgIpc) is 2.99. The molecule has 3 N–H and O–H groups in total. The van der Waals surface area contributed by atoms with Gasteiger partial charge in [0.2, 0.25) is 5.82 Å². The van der Waals surface area contributed by atoms with E-state index in [-0.39, 0.29) is 11.4 Å². The van der Waals surface area contributed by atoms with Gasteiger partial charge >= 0.3 is 5.97 Å². The highest BCUT2D eigenvalue weighted by Crippen LogP contribution is 2.25. The molecule has 0 saturated carbocycles. The Hall–Kier alpha value is -2.35. The molecule has 0 aliphatic heterocycles. The van der Waals surface area contributed by atoms with Crippen LogP contribution in [0.15, 0.2) is 27.3 Å². The Kier molecular flexibility index (Phi) is 2.75. The largest absolute Gasteiger partial charge is 0.478 e. The minimum atomic E-state index is -1.05. The molecule has 0 spiro atoms. The molecule has 20 heavy (non-hydrogen) atoms. The second-order valence-electron chi connectivity index (χ2n) is 4.19. The molecule has 0 amide bonds. The Morgan fingerprint density at radius 2 is 2.25 bits per heavy atom. The number of fused-ring (bicyclic) bond motifs is 1. The summed E-state index contributed by atoms with van der Waals surface area (Å²) in [6.45, 7) is 1.66. The monoisotopic (exact) mass is 336 g/mol. The first-order valence-electron chi connectivity index (χ1n) is 5.62. The van der Waals surface area contributed by atoms with E-state index in [4.69, 9.17) is 15.3 Å². The van der Waals surface area contributed by atoms with Crippen molar-refractivity contribution >= 4 is 33.4 Å². The van der Waals surface area contributed by atoms with Gasteiger partial charge in [0.25, 0.3) is 0 Å². The van der Waals surface area contributed by atoms with Gasteiger partial charge in [0.05, 0.1) is 5.56 Å². The number of carbonyl (C=O) groups is 1. The van der Waals surface area contributed by atoms with Crippen LogP contribution in [-0.4, -0.2) is 25.7 Å². The van der Waals surface area contributed by atoms with Crippen LogP contribution in [0.2, 0.25) is 0 Å². The van der Waals surface area contributed by atoms with E-state index >= 15 is 0 Å². The molecule has 3 aromatic heterocycles. The summed E-state index contributed by atoms with van der Waals surface area (Å²) in [6.07, 6.45) is 0. The van der Waals surface area contributed by atoms with Gasteiger partial charge in [0, 0.05) is 5.56 Å². The summed E-state index contributed by atoms with van der Waals surface area (Å²) in [5.41, 5.74) is 6.81. The van der Waals surface area contributed by atoms with Crippen molar-refractivity contribution < 1.29 is 14.3 Å². The third-order valence-corrected chi connectivity index (χ3v) is 3.33. The van der Waals surface area contributed by atoms with Crippen molar-refractivity contribution in [1.82, 2.24) is 14.6 Å². The van der Waals surface area contributed by atoms with E-state index in [2.05, 4.69) is 26.0 Å². The first-order valence-corrected chi connectivity index (χ1v) is 6.41. The van der Waals surface area contributed by atoms with Gasteiger partial charge in [-0.1, -0.05) is 0 Å². The maximum Gasteiger partial charge on any atom is 0.336 e. The number of aromatic nitrogens is 3. The van der Waals surface area contributed by atoms with Crippen LogP contribution in [0.4, 0.5) is 5.82 Å². The topological polar surface area (TPSA) is 107 Å². The molecule has 0 radical (unpaired) electrons. The molecule has 0 fully saturated rings. The lowest BCUT2D eigenvalue weighted by atomic mass is 10.1. The molecule has 0 aliphatic carbocycles. The van der Waals surface area contributed by atoms with Gasteiger partial charge < -0.3 is 15.3 Å². The van der Waals surface area contributed by atoms with Crippen molar-refractivity contribution in [2.24, 2.45) is 0 Å². The smallest absolute Gasteiger partial charge is 0.336 e. The molecule has 102 valence electrons. The number of aryl methyl sites for hydroxylation is 1. The lowest BCUT2D eigenvalue weighted by molar-refractivity contribution is 0.0696. The number of nitrogen functional groups attached to an aromatic ring is 1. The molecule has 8 heteroatoms. The maximum atomic E-state index is 11.2. The van der Waals surface area contributed by atoms with Crippen molar-refractivity contribution in [2.75, 3.05) is 5.73 Å². The Bertz CT molecular complexity index is 837. The normalized spacial score (nSPS) is 11.1. The zero-order chi connectivity index (χ0) is 14.4. The summed E-state index contributed by atoms with van der Waals surface area (Å²) < 4.78 is 7.33. The number of hydrogen-bond acceptors (Lipinski definition) is 5. The summed E-state index contributed by atoms with van der Waals surface area (Å²) in [5, 5.41) is 13.4. The van der Waals surface area contributed by atoms with Crippen LogP contribution >= 0.6 is 15.9 Å².